The lowest BCUT2D eigenvalue weighted by molar-refractivity contribution is -0.274. The van der Waals surface area contributed by atoms with Crippen molar-refractivity contribution in [3.63, 3.8) is 0 Å². The van der Waals surface area contributed by atoms with E-state index in [1.165, 1.54) is 18.2 Å². The smallest absolute Gasteiger partial charge is 0.406 e. The Bertz CT molecular complexity index is 761. The van der Waals surface area contributed by atoms with Gasteiger partial charge in [-0.2, -0.15) is 0 Å². The maximum absolute atomic E-state index is 12.4. The number of benzene rings is 1. The number of hydrogen-bond acceptors (Lipinski definition) is 4. The number of halogens is 3. The number of aromatic nitrogens is 1. The first-order chi connectivity index (χ1) is 11.0. The van der Waals surface area contributed by atoms with Gasteiger partial charge < -0.3 is 14.0 Å². The molecule has 0 saturated carbocycles. The predicted octanol–water partition coefficient (Wildman–Crippen LogP) is 3.43. The highest BCUT2D eigenvalue weighted by Crippen LogP contribution is 2.36. The minimum Gasteiger partial charge on any atom is -0.406 e. The summed E-state index contributed by atoms with van der Waals surface area (Å²) in [6.45, 7) is 7.71. The summed E-state index contributed by atoms with van der Waals surface area (Å²) in [5.74, 6) is -0.289. The maximum Gasteiger partial charge on any atom is 0.573 e. The zero-order valence-electron chi connectivity index (χ0n) is 13.8. The molecule has 0 aliphatic carbocycles. The van der Waals surface area contributed by atoms with Gasteiger partial charge in [0.1, 0.15) is 5.75 Å². The average Bonchev–Trinajstić information content (AvgIpc) is 2.65. The largest absolute Gasteiger partial charge is 0.573 e. The van der Waals surface area contributed by atoms with Crippen LogP contribution in [0.15, 0.2) is 30.5 Å². The molecule has 1 saturated heterocycles. The zero-order valence-corrected chi connectivity index (χ0v) is 13.8. The lowest BCUT2D eigenvalue weighted by atomic mass is 9.80. The third-order valence-electron chi connectivity index (χ3n) is 4.43. The molecular formula is C16H17BF3NO3. The third kappa shape index (κ3) is 3.21. The van der Waals surface area contributed by atoms with E-state index in [0.717, 1.165) is 0 Å². The van der Waals surface area contributed by atoms with Crippen molar-refractivity contribution in [1.82, 2.24) is 4.98 Å². The summed E-state index contributed by atoms with van der Waals surface area (Å²) in [6, 6.07) is 5.71. The second-order valence-electron chi connectivity index (χ2n) is 6.76. The molecule has 3 rings (SSSR count). The van der Waals surface area contributed by atoms with Crippen molar-refractivity contribution in [2.45, 2.75) is 45.3 Å². The van der Waals surface area contributed by atoms with Crippen molar-refractivity contribution < 1.29 is 27.2 Å². The summed E-state index contributed by atoms with van der Waals surface area (Å²) in [5.41, 5.74) is 0.192. The van der Waals surface area contributed by atoms with Crippen molar-refractivity contribution in [2.75, 3.05) is 0 Å². The Morgan fingerprint density at radius 3 is 2.25 bits per heavy atom. The number of nitrogens with zero attached hydrogens (tertiary/aromatic N) is 1. The van der Waals surface area contributed by atoms with Crippen LogP contribution in [0.3, 0.4) is 0 Å². The second kappa shape index (κ2) is 5.36. The number of rotatable bonds is 2. The van der Waals surface area contributed by atoms with Crippen LogP contribution in [0.4, 0.5) is 13.2 Å². The minimum absolute atomic E-state index is 0.289. The molecular weight excluding hydrogens is 322 g/mol. The molecule has 4 nitrogen and oxygen atoms in total. The number of fused-ring (bicyclic) bond motifs is 1. The van der Waals surface area contributed by atoms with E-state index in [0.29, 0.717) is 16.4 Å². The second-order valence-corrected chi connectivity index (χ2v) is 6.76. The monoisotopic (exact) mass is 339 g/mol. The Balaban J connectivity index is 1.93. The molecule has 2 aromatic rings. The van der Waals surface area contributed by atoms with Crippen LogP contribution in [0.1, 0.15) is 27.7 Å². The van der Waals surface area contributed by atoms with Crippen LogP contribution in [0, 0.1) is 0 Å². The Morgan fingerprint density at radius 2 is 1.67 bits per heavy atom. The molecule has 0 bridgehead atoms. The Labute approximate surface area is 138 Å². The maximum atomic E-state index is 12.4. The first-order valence-electron chi connectivity index (χ1n) is 7.48. The van der Waals surface area contributed by atoms with Crippen LogP contribution < -0.4 is 10.2 Å². The first kappa shape index (κ1) is 17.0. The van der Waals surface area contributed by atoms with E-state index in [2.05, 4.69) is 9.72 Å². The molecule has 1 aliphatic rings. The fourth-order valence-corrected chi connectivity index (χ4v) is 2.43. The zero-order chi connectivity index (χ0) is 17.8. The van der Waals surface area contributed by atoms with Crippen molar-refractivity contribution in [2.24, 2.45) is 0 Å². The normalized spacial score (nSPS) is 19.7. The van der Waals surface area contributed by atoms with Gasteiger partial charge in [0.25, 0.3) is 0 Å². The molecule has 128 valence electrons. The van der Waals surface area contributed by atoms with Gasteiger partial charge in [-0.1, -0.05) is 6.07 Å². The predicted molar refractivity (Wildman–Crippen MR) is 84.1 cm³/mol. The molecule has 0 amide bonds. The van der Waals surface area contributed by atoms with Crippen molar-refractivity contribution in [3.05, 3.63) is 30.5 Å². The van der Waals surface area contributed by atoms with E-state index in [1.807, 2.05) is 27.7 Å². The van der Waals surface area contributed by atoms with Crippen LogP contribution >= 0.6 is 0 Å². The molecule has 0 atom stereocenters. The van der Waals surface area contributed by atoms with Gasteiger partial charge in [0, 0.05) is 17.0 Å². The van der Waals surface area contributed by atoms with Gasteiger partial charge >= 0.3 is 13.5 Å². The molecule has 0 N–H and O–H groups in total. The van der Waals surface area contributed by atoms with Gasteiger partial charge in [-0.25, -0.2) is 0 Å². The van der Waals surface area contributed by atoms with E-state index >= 15 is 0 Å². The van der Waals surface area contributed by atoms with Crippen LogP contribution in [0.5, 0.6) is 5.75 Å². The van der Waals surface area contributed by atoms with E-state index in [4.69, 9.17) is 9.31 Å². The summed E-state index contributed by atoms with van der Waals surface area (Å²) < 4.78 is 52.9. The minimum atomic E-state index is -4.73. The number of alkyl halides is 3. The van der Waals surface area contributed by atoms with Gasteiger partial charge in [0.15, 0.2) is 0 Å². The molecule has 0 spiro atoms. The quantitative estimate of drug-likeness (QED) is 0.786. The van der Waals surface area contributed by atoms with Gasteiger partial charge in [0.2, 0.25) is 0 Å². The van der Waals surface area contributed by atoms with Crippen molar-refractivity contribution in [3.8, 4) is 5.75 Å². The lowest BCUT2D eigenvalue weighted by Gasteiger charge is -2.32. The highest BCUT2D eigenvalue weighted by Gasteiger charge is 2.51. The number of ether oxygens (including phenoxy) is 1. The van der Waals surface area contributed by atoms with Gasteiger partial charge in [0.05, 0.1) is 16.7 Å². The number of hydrogen-bond donors (Lipinski definition) is 0. The van der Waals surface area contributed by atoms with Crippen LogP contribution in [-0.2, 0) is 9.31 Å². The summed E-state index contributed by atoms with van der Waals surface area (Å²) in [5, 5.41) is 0.518. The standard InChI is InChI=1S/C16H17BF3NO3/c1-14(2)15(3,4)24-17(23-14)11-7-10-8-12(22-16(18,19)20)5-6-13(10)21-9-11/h5-9H,1-4H3. The molecule has 1 aromatic carbocycles. The molecule has 1 fully saturated rings. The summed E-state index contributed by atoms with van der Waals surface area (Å²) in [7, 11) is -0.626. The molecule has 0 unspecified atom stereocenters. The summed E-state index contributed by atoms with van der Waals surface area (Å²) >= 11 is 0. The fourth-order valence-electron chi connectivity index (χ4n) is 2.43. The van der Waals surface area contributed by atoms with E-state index < -0.39 is 24.7 Å². The van der Waals surface area contributed by atoms with E-state index in [9.17, 15) is 13.2 Å². The summed E-state index contributed by atoms with van der Waals surface area (Å²) in [4.78, 5) is 4.26. The van der Waals surface area contributed by atoms with E-state index in [-0.39, 0.29) is 5.75 Å². The first-order valence-corrected chi connectivity index (χ1v) is 7.48. The molecule has 24 heavy (non-hydrogen) atoms. The average molecular weight is 339 g/mol. The Kier molecular flexibility index (Phi) is 3.80. The lowest BCUT2D eigenvalue weighted by Crippen LogP contribution is -2.41. The highest BCUT2D eigenvalue weighted by molar-refractivity contribution is 6.62. The highest BCUT2D eigenvalue weighted by atomic mass is 19.4. The molecule has 1 aliphatic heterocycles. The molecule has 2 heterocycles. The van der Waals surface area contributed by atoms with E-state index in [1.54, 1.807) is 12.3 Å². The van der Waals surface area contributed by atoms with Gasteiger partial charge in [-0.05, 0) is 45.9 Å². The van der Waals surface area contributed by atoms with Crippen LogP contribution in [0.2, 0.25) is 0 Å². The van der Waals surface area contributed by atoms with Gasteiger partial charge in [-0.3, -0.25) is 4.98 Å². The van der Waals surface area contributed by atoms with Crippen LogP contribution in [0.25, 0.3) is 10.9 Å². The molecule has 0 radical (unpaired) electrons. The fraction of sp³-hybridized carbons (Fsp3) is 0.438. The van der Waals surface area contributed by atoms with Crippen molar-refractivity contribution in [1.29, 1.82) is 0 Å². The Morgan fingerprint density at radius 1 is 1.04 bits per heavy atom. The van der Waals surface area contributed by atoms with Crippen molar-refractivity contribution >= 4 is 23.5 Å². The summed E-state index contributed by atoms with van der Waals surface area (Å²) in [6.07, 6.45) is -3.13. The Hall–Kier alpha value is -1.80. The topological polar surface area (TPSA) is 40.6 Å². The SMILES string of the molecule is CC1(C)OB(c2cnc3ccc(OC(F)(F)F)cc3c2)OC1(C)C. The molecule has 1 aromatic heterocycles. The third-order valence-corrected chi connectivity index (χ3v) is 4.43. The van der Waals surface area contributed by atoms with Crippen LogP contribution in [-0.4, -0.2) is 29.7 Å². The number of pyridine rings is 1. The molecule has 8 heteroatoms. The van der Waals surface area contributed by atoms with Gasteiger partial charge in [-0.15, -0.1) is 13.2 Å².